The first kappa shape index (κ1) is 12.0. The number of rotatable bonds is 5. The van der Waals surface area contributed by atoms with Crippen LogP contribution in [0.1, 0.15) is 25.8 Å². The second kappa shape index (κ2) is 5.71. The third-order valence-corrected chi connectivity index (χ3v) is 2.12. The van der Waals surface area contributed by atoms with E-state index in [1.807, 2.05) is 0 Å². The average molecular weight is 212 g/mol. The van der Waals surface area contributed by atoms with Crippen LogP contribution in [-0.4, -0.2) is 17.8 Å². The Bertz CT molecular complexity index is 312. The summed E-state index contributed by atoms with van der Waals surface area (Å²) in [6, 6.07) is 4.87. The van der Waals surface area contributed by atoms with Crippen molar-refractivity contribution in [2.24, 2.45) is 0 Å². The molecule has 1 N–H and O–H groups in total. The van der Waals surface area contributed by atoms with Crippen LogP contribution in [0.4, 0.5) is 4.39 Å². The second-order valence-electron chi connectivity index (χ2n) is 3.63. The number of aliphatic hydroxyl groups excluding tert-OH is 1. The van der Waals surface area contributed by atoms with Crippen molar-refractivity contribution in [1.82, 2.24) is 0 Å². The van der Waals surface area contributed by atoms with Crippen molar-refractivity contribution in [2.75, 3.05) is 6.61 Å². The van der Waals surface area contributed by atoms with Crippen LogP contribution >= 0.6 is 0 Å². The third-order valence-electron chi connectivity index (χ3n) is 2.12. The van der Waals surface area contributed by atoms with E-state index in [-0.39, 0.29) is 24.3 Å². The normalized spacial score (nSPS) is 12.5. The van der Waals surface area contributed by atoms with Gasteiger partial charge in [-0.1, -0.05) is 19.4 Å². The van der Waals surface area contributed by atoms with Crippen LogP contribution in [0, 0.1) is 5.82 Å². The SMILES string of the molecule is CCCc1ccc(F)c(OC(C)CO)c1. The van der Waals surface area contributed by atoms with E-state index >= 15 is 0 Å². The molecule has 1 aromatic carbocycles. The highest BCUT2D eigenvalue weighted by Gasteiger charge is 2.08. The fourth-order valence-electron chi connectivity index (χ4n) is 1.34. The average Bonchev–Trinajstić information content (AvgIpc) is 2.23. The highest BCUT2D eigenvalue weighted by atomic mass is 19.1. The summed E-state index contributed by atoms with van der Waals surface area (Å²) in [6.45, 7) is 3.66. The summed E-state index contributed by atoms with van der Waals surface area (Å²) in [6.07, 6.45) is 1.54. The molecule has 0 spiro atoms. The van der Waals surface area contributed by atoms with Gasteiger partial charge in [-0.15, -0.1) is 0 Å². The molecule has 0 aliphatic heterocycles. The van der Waals surface area contributed by atoms with Gasteiger partial charge in [0.05, 0.1) is 6.61 Å². The molecule has 1 aromatic rings. The Kier molecular flexibility index (Phi) is 4.56. The van der Waals surface area contributed by atoms with Gasteiger partial charge in [0.2, 0.25) is 0 Å². The number of aliphatic hydroxyl groups is 1. The molecule has 3 heteroatoms. The Morgan fingerprint density at radius 2 is 2.20 bits per heavy atom. The van der Waals surface area contributed by atoms with Gasteiger partial charge in [0.1, 0.15) is 6.10 Å². The fraction of sp³-hybridized carbons (Fsp3) is 0.500. The Morgan fingerprint density at radius 3 is 2.80 bits per heavy atom. The molecule has 0 aromatic heterocycles. The molecule has 15 heavy (non-hydrogen) atoms. The van der Waals surface area contributed by atoms with Crippen molar-refractivity contribution in [2.45, 2.75) is 32.8 Å². The summed E-state index contributed by atoms with van der Waals surface area (Å²) in [5.74, 6) is -0.155. The molecule has 0 fully saturated rings. The lowest BCUT2D eigenvalue weighted by atomic mass is 10.1. The van der Waals surface area contributed by atoms with Gasteiger partial charge in [-0.3, -0.25) is 0 Å². The highest BCUT2D eigenvalue weighted by Crippen LogP contribution is 2.20. The lowest BCUT2D eigenvalue weighted by Gasteiger charge is -2.13. The minimum absolute atomic E-state index is 0.114. The Balaban J connectivity index is 2.80. The van der Waals surface area contributed by atoms with Crippen molar-refractivity contribution >= 4 is 0 Å². The van der Waals surface area contributed by atoms with Gasteiger partial charge in [-0.05, 0) is 31.0 Å². The standard InChI is InChI=1S/C12H17FO2/c1-3-4-10-5-6-11(13)12(7-10)15-9(2)8-14/h5-7,9,14H,3-4,8H2,1-2H3. The maximum Gasteiger partial charge on any atom is 0.165 e. The van der Waals surface area contributed by atoms with E-state index in [1.54, 1.807) is 19.1 Å². The van der Waals surface area contributed by atoms with Crippen LogP contribution in [-0.2, 0) is 6.42 Å². The maximum absolute atomic E-state index is 13.3. The van der Waals surface area contributed by atoms with Gasteiger partial charge in [0.15, 0.2) is 11.6 Å². The first-order valence-corrected chi connectivity index (χ1v) is 5.23. The van der Waals surface area contributed by atoms with Crippen LogP contribution in [0.2, 0.25) is 0 Å². The largest absolute Gasteiger partial charge is 0.485 e. The first-order chi connectivity index (χ1) is 7.17. The Labute approximate surface area is 89.7 Å². The van der Waals surface area contributed by atoms with E-state index < -0.39 is 0 Å². The number of ether oxygens (including phenoxy) is 1. The molecule has 0 saturated carbocycles. The monoisotopic (exact) mass is 212 g/mol. The molecule has 0 aliphatic carbocycles. The van der Waals surface area contributed by atoms with Crippen LogP contribution in [0.5, 0.6) is 5.75 Å². The van der Waals surface area contributed by atoms with Crippen molar-refractivity contribution in [3.8, 4) is 5.75 Å². The summed E-state index contributed by atoms with van der Waals surface area (Å²) in [7, 11) is 0. The Morgan fingerprint density at radius 1 is 1.47 bits per heavy atom. The smallest absolute Gasteiger partial charge is 0.165 e. The summed E-state index contributed by atoms with van der Waals surface area (Å²) in [4.78, 5) is 0. The van der Waals surface area contributed by atoms with E-state index in [1.165, 1.54) is 6.07 Å². The van der Waals surface area contributed by atoms with E-state index in [2.05, 4.69) is 6.92 Å². The second-order valence-corrected chi connectivity index (χ2v) is 3.63. The fourth-order valence-corrected chi connectivity index (χ4v) is 1.34. The summed E-state index contributed by atoms with van der Waals surface area (Å²) < 4.78 is 18.6. The van der Waals surface area contributed by atoms with Crippen molar-refractivity contribution in [3.05, 3.63) is 29.6 Å². The molecule has 0 aliphatic rings. The summed E-state index contributed by atoms with van der Waals surface area (Å²) in [5.41, 5.74) is 1.05. The predicted molar refractivity (Wildman–Crippen MR) is 57.6 cm³/mol. The summed E-state index contributed by atoms with van der Waals surface area (Å²) >= 11 is 0. The molecule has 0 heterocycles. The third kappa shape index (κ3) is 3.51. The van der Waals surface area contributed by atoms with E-state index in [0.717, 1.165) is 18.4 Å². The molecule has 0 amide bonds. The van der Waals surface area contributed by atoms with Crippen molar-refractivity contribution in [1.29, 1.82) is 0 Å². The van der Waals surface area contributed by atoms with Gasteiger partial charge in [0.25, 0.3) is 0 Å². The minimum atomic E-state index is -0.379. The molecule has 0 bridgehead atoms. The molecule has 0 radical (unpaired) electrons. The molecule has 0 saturated heterocycles. The van der Waals surface area contributed by atoms with E-state index in [0.29, 0.717) is 0 Å². The van der Waals surface area contributed by atoms with Crippen LogP contribution in [0.15, 0.2) is 18.2 Å². The topological polar surface area (TPSA) is 29.5 Å². The van der Waals surface area contributed by atoms with E-state index in [4.69, 9.17) is 9.84 Å². The maximum atomic E-state index is 13.3. The first-order valence-electron chi connectivity index (χ1n) is 5.23. The highest BCUT2D eigenvalue weighted by molar-refractivity contribution is 5.30. The van der Waals surface area contributed by atoms with Gasteiger partial charge in [-0.25, -0.2) is 4.39 Å². The zero-order valence-electron chi connectivity index (χ0n) is 9.16. The van der Waals surface area contributed by atoms with Crippen molar-refractivity contribution < 1.29 is 14.2 Å². The van der Waals surface area contributed by atoms with Crippen molar-refractivity contribution in [3.63, 3.8) is 0 Å². The molecule has 2 nitrogen and oxygen atoms in total. The van der Waals surface area contributed by atoms with Gasteiger partial charge in [-0.2, -0.15) is 0 Å². The lowest BCUT2D eigenvalue weighted by molar-refractivity contribution is 0.125. The number of hydrogen-bond acceptors (Lipinski definition) is 2. The van der Waals surface area contributed by atoms with Crippen LogP contribution in [0.25, 0.3) is 0 Å². The molecule has 1 rings (SSSR count). The van der Waals surface area contributed by atoms with Gasteiger partial charge in [0, 0.05) is 0 Å². The molecule has 1 atom stereocenters. The number of hydrogen-bond donors (Lipinski definition) is 1. The molecular formula is C12H17FO2. The lowest BCUT2D eigenvalue weighted by Crippen LogP contribution is -2.17. The predicted octanol–water partition coefficient (Wildman–Crippen LogP) is 2.54. The Hall–Kier alpha value is -1.09. The number of halogens is 1. The van der Waals surface area contributed by atoms with Crippen LogP contribution < -0.4 is 4.74 Å². The molecule has 84 valence electrons. The quantitative estimate of drug-likeness (QED) is 0.812. The van der Waals surface area contributed by atoms with Gasteiger partial charge < -0.3 is 9.84 Å². The minimum Gasteiger partial charge on any atom is -0.485 e. The zero-order valence-corrected chi connectivity index (χ0v) is 9.16. The van der Waals surface area contributed by atoms with Crippen LogP contribution in [0.3, 0.4) is 0 Å². The zero-order chi connectivity index (χ0) is 11.3. The van der Waals surface area contributed by atoms with Gasteiger partial charge >= 0.3 is 0 Å². The van der Waals surface area contributed by atoms with E-state index in [9.17, 15) is 4.39 Å². The summed E-state index contributed by atoms with van der Waals surface area (Å²) in [5, 5.41) is 8.81. The number of aryl methyl sites for hydroxylation is 1. The molecular weight excluding hydrogens is 195 g/mol. The number of benzene rings is 1. The molecule has 1 unspecified atom stereocenters.